The quantitative estimate of drug-likeness (QED) is 0.668. The van der Waals surface area contributed by atoms with Crippen molar-refractivity contribution in [2.24, 2.45) is 0 Å². The molecule has 1 spiro atoms. The molecule has 0 saturated heterocycles. The number of aliphatic hydroxyl groups is 1. The summed E-state index contributed by atoms with van der Waals surface area (Å²) in [5.41, 5.74) is 0.899. The maximum Gasteiger partial charge on any atom is 0.331 e. The summed E-state index contributed by atoms with van der Waals surface area (Å²) in [6.45, 7) is 0.547. The molecule has 3 heterocycles. The molecule has 1 aliphatic carbocycles. The van der Waals surface area contributed by atoms with Crippen LogP contribution in [0, 0.1) is 0 Å². The average Bonchev–Trinajstić information content (AvgIpc) is 3.30. The highest BCUT2D eigenvalue weighted by molar-refractivity contribution is 6.30. The summed E-state index contributed by atoms with van der Waals surface area (Å²) >= 11 is 5.87. The number of rotatable bonds is 5. The van der Waals surface area contributed by atoms with E-state index in [4.69, 9.17) is 16.1 Å². The fraction of sp³-hybridized carbons (Fsp3) is 0.429. The van der Waals surface area contributed by atoms with Crippen LogP contribution in [0.5, 0.6) is 0 Å². The molecule has 0 bridgehead atoms. The van der Waals surface area contributed by atoms with Crippen molar-refractivity contribution in [1.82, 2.24) is 19.3 Å². The number of aromatic nitrogens is 4. The van der Waals surface area contributed by atoms with Gasteiger partial charge in [0, 0.05) is 35.2 Å². The van der Waals surface area contributed by atoms with Crippen molar-refractivity contribution in [3.63, 3.8) is 0 Å². The molecule has 1 N–H and O–H groups in total. The maximum atomic E-state index is 12.9. The molecule has 1 fully saturated rings. The van der Waals surface area contributed by atoms with E-state index in [0.717, 1.165) is 35.9 Å². The lowest BCUT2D eigenvalue weighted by Gasteiger charge is -2.38. The van der Waals surface area contributed by atoms with Gasteiger partial charge in [-0.2, -0.15) is 4.98 Å². The third kappa shape index (κ3) is 3.20. The standard InChI is InChI=1S/C21H21ClN4O4/c22-14-4-2-13(3-5-14)15(27)10-17-23-18(30-24-17)12-26-19(28)11-16-21(6-1-7-21)8-9-25(16)20(26)29/h2-5,11,15,27H,1,6-10,12H2/t15-/m0/s1. The number of fused-ring (bicyclic) bond motifs is 2. The Hall–Kier alpha value is -2.71. The van der Waals surface area contributed by atoms with Crippen molar-refractivity contribution >= 4 is 11.6 Å². The molecule has 5 rings (SSSR count). The molecule has 2 aromatic heterocycles. The van der Waals surface area contributed by atoms with Crippen molar-refractivity contribution in [2.75, 3.05) is 0 Å². The molecular weight excluding hydrogens is 408 g/mol. The van der Waals surface area contributed by atoms with Gasteiger partial charge in [-0.05, 0) is 37.0 Å². The minimum Gasteiger partial charge on any atom is -0.388 e. The summed E-state index contributed by atoms with van der Waals surface area (Å²) in [4.78, 5) is 29.8. The van der Waals surface area contributed by atoms with E-state index >= 15 is 0 Å². The fourth-order valence-corrected chi connectivity index (χ4v) is 4.65. The molecule has 1 atom stereocenters. The van der Waals surface area contributed by atoms with Crippen LogP contribution >= 0.6 is 11.6 Å². The minimum atomic E-state index is -0.820. The molecule has 1 aromatic carbocycles. The van der Waals surface area contributed by atoms with Crippen LogP contribution < -0.4 is 11.2 Å². The van der Waals surface area contributed by atoms with E-state index in [1.54, 1.807) is 34.9 Å². The summed E-state index contributed by atoms with van der Waals surface area (Å²) in [5, 5.41) is 14.8. The number of benzene rings is 1. The van der Waals surface area contributed by atoms with Crippen LogP contribution in [0.4, 0.5) is 0 Å². The highest BCUT2D eigenvalue weighted by Crippen LogP contribution is 2.49. The molecule has 0 unspecified atom stereocenters. The van der Waals surface area contributed by atoms with Crippen LogP contribution in [0.3, 0.4) is 0 Å². The second-order valence-electron chi connectivity index (χ2n) is 8.15. The molecule has 0 amide bonds. The fourth-order valence-electron chi connectivity index (χ4n) is 4.53. The van der Waals surface area contributed by atoms with Gasteiger partial charge in [-0.3, -0.25) is 13.9 Å². The van der Waals surface area contributed by atoms with Gasteiger partial charge < -0.3 is 9.63 Å². The Morgan fingerprint density at radius 2 is 1.97 bits per heavy atom. The monoisotopic (exact) mass is 428 g/mol. The van der Waals surface area contributed by atoms with Crippen LogP contribution in [0.25, 0.3) is 0 Å². The highest BCUT2D eigenvalue weighted by atomic mass is 35.5. The Balaban J connectivity index is 1.35. The summed E-state index contributed by atoms with van der Waals surface area (Å²) < 4.78 is 8.07. The lowest BCUT2D eigenvalue weighted by atomic mass is 9.66. The lowest BCUT2D eigenvalue weighted by Crippen LogP contribution is -2.42. The highest BCUT2D eigenvalue weighted by Gasteiger charge is 2.45. The Bertz CT molecular complexity index is 1210. The number of hydrogen-bond donors (Lipinski definition) is 1. The van der Waals surface area contributed by atoms with Gasteiger partial charge in [0.2, 0.25) is 5.89 Å². The average molecular weight is 429 g/mol. The zero-order valence-electron chi connectivity index (χ0n) is 16.3. The molecular formula is C21H21ClN4O4. The first-order valence-electron chi connectivity index (χ1n) is 10.1. The molecule has 8 nitrogen and oxygen atoms in total. The Morgan fingerprint density at radius 3 is 2.67 bits per heavy atom. The topological polar surface area (TPSA) is 103 Å². The normalized spacial score (nSPS) is 17.7. The summed E-state index contributed by atoms with van der Waals surface area (Å²) in [5.74, 6) is 0.458. The number of aliphatic hydroxyl groups excluding tert-OH is 1. The second-order valence-corrected chi connectivity index (χ2v) is 8.58. The SMILES string of the molecule is O=c1cc2n(c(=O)n1Cc1nc(C[C@H](O)c3ccc(Cl)cc3)no1)CCC21CCC1. The zero-order chi connectivity index (χ0) is 20.9. The maximum absolute atomic E-state index is 12.9. The van der Waals surface area contributed by atoms with Gasteiger partial charge in [-0.1, -0.05) is 35.3 Å². The third-order valence-electron chi connectivity index (χ3n) is 6.38. The predicted octanol–water partition coefficient (Wildman–Crippen LogP) is 2.20. The van der Waals surface area contributed by atoms with E-state index in [0.29, 0.717) is 23.0 Å². The van der Waals surface area contributed by atoms with Crippen LogP contribution in [0.1, 0.15) is 54.8 Å². The van der Waals surface area contributed by atoms with E-state index in [1.807, 2.05) is 0 Å². The van der Waals surface area contributed by atoms with Crippen LogP contribution in [0.15, 0.2) is 44.4 Å². The number of halogens is 1. The first-order valence-corrected chi connectivity index (χ1v) is 10.4. The molecule has 156 valence electrons. The van der Waals surface area contributed by atoms with Crippen molar-refractivity contribution in [1.29, 1.82) is 0 Å². The Labute approximate surface area is 176 Å². The van der Waals surface area contributed by atoms with Gasteiger partial charge in [-0.25, -0.2) is 4.79 Å². The number of nitrogens with zero attached hydrogens (tertiary/aromatic N) is 4. The Kier molecular flexibility index (Phi) is 4.63. The third-order valence-corrected chi connectivity index (χ3v) is 6.63. The molecule has 9 heteroatoms. The van der Waals surface area contributed by atoms with Crippen LogP contribution in [0.2, 0.25) is 5.02 Å². The number of hydrogen-bond acceptors (Lipinski definition) is 6. The summed E-state index contributed by atoms with van der Waals surface area (Å²) in [6.07, 6.45) is 3.46. The van der Waals surface area contributed by atoms with Gasteiger partial charge in [0.15, 0.2) is 5.82 Å². The van der Waals surface area contributed by atoms with Gasteiger partial charge in [0.1, 0.15) is 6.54 Å². The summed E-state index contributed by atoms with van der Waals surface area (Å²) in [7, 11) is 0. The summed E-state index contributed by atoms with van der Waals surface area (Å²) in [6, 6.07) is 8.45. The van der Waals surface area contributed by atoms with Crippen molar-refractivity contribution in [2.45, 2.75) is 56.7 Å². The van der Waals surface area contributed by atoms with Crippen LogP contribution in [-0.2, 0) is 24.9 Å². The van der Waals surface area contributed by atoms with E-state index in [-0.39, 0.29) is 35.5 Å². The predicted molar refractivity (Wildman–Crippen MR) is 109 cm³/mol. The second kappa shape index (κ2) is 7.21. The van der Waals surface area contributed by atoms with Crippen molar-refractivity contribution in [3.8, 4) is 0 Å². The Morgan fingerprint density at radius 1 is 1.20 bits per heavy atom. The molecule has 2 aliphatic rings. The molecule has 30 heavy (non-hydrogen) atoms. The van der Waals surface area contributed by atoms with E-state index in [1.165, 1.54) is 0 Å². The van der Waals surface area contributed by atoms with E-state index in [9.17, 15) is 14.7 Å². The van der Waals surface area contributed by atoms with Crippen molar-refractivity contribution < 1.29 is 9.63 Å². The lowest BCUT2D eigenvalue weighted by molar-refractivity contribution is 0.174. The van der Waals surface area contributed by atoms with Gasteiger partial charge >= 0.3 is 5.69 Å². The largest absolute Gasteiger partial charge is 0.388 e. The van der Waals surface area contributed by atoms with Gasteiger partial charge in [0.05, 0.1) is 6.10 Å². The van der Waals surface area contributed by atoms with E-state index < -0.39 is 6.10 Å². The smallest absolute Gasteiger partial charge is 0.331 e. The van der Waals surface area contributed by atoms with Gasteiger partial charge in [0.25, 0.3) is 5.56 Å². The van der Waals surface area contributed by atoms with Crippen molar-refractivity contribution in [3.05, 3.63) is 79.2 Å². The van der Waals surface area contributed by atoms with Crippen LogP contribution in [-0.4, -0.2) is 24.4 Å². The molecule has 3 aromatic rings. The zero-order valence-corrected chi connectivity index (χ0v) is 17.0. The minimum absolute atomic E-state index is 0.0207. The van der Waals surface area contributed by atoms with Gasteiger partial charge in [-0.15, -0.1) is 0 Å². The first-order chi connectivity index (χ1) is 14.4. The molecule has 1 aliphatic heterocycles. The first kappa shape index (κ1) is 19.3. The van der Waals surface area contributed by atoms with E-state index in [2.05, 4.69) is 10.1 Å². The molecule has 1 saturated carbocycles. The molecule has 0 radical (unpaired) electrons.